The van der Waals surface area contributed by atoms with E-state index in [2.05, 4.69) is 41.7 Å². The van der Waals surface area contributed by atoms with Crippen molar-refractivity contribution in [2.45, 2.75) is 19.3 Å². The highest BCUT2D eigenvalue weighted by molar-refractivity contribution is 14.1. The molecule has 0 aromatic heterocycles. The standard InChI is InChI=1S/C7H12I/c1-2-3-4-5-6-7-8/h5-6H,1-4,7H2. The Morgan fingerprint density at radius 3 is 2.62 bits per heavy atom. The number of alkyl halides is 1. The minimum absolute atomic E-state index is 1.06. The largest absolute Gasteiger partial charge is 0.0878 e. The molecule has 0 amide bonds. The second kappa shape index (κ2) is 7.47. The molecule has 0 aliphatic carbocycles. The molecule has 0 aliphatic rings. The summed E-state index contributed by atoms with van der Waals surface area (Å²) in [6, 6.07) is 0. The summed E-state index contributed by atoms with van der Waals surface area (Å²) in [6.07, 6.45) is 7.90. The van der Waals surface area contributed by atoms with Crippen molar-refractivity contribution in [1.82, 2.24) is 0 Å². The van der Waals surface area contributed by atoms with Gasteiger partial charge in [0.15, 0.2) is 0 Å². The highest BCUT2D eigenvalue weighted by Crippen LogP contribution is 1.94. The molecule has 0 bridgehead atoms. The van der Waals surface area contributed by atoms with E-state index >= 15 is 0 Å². The average molecular weight is 223 g/mol. The molecule has 0 fully saturated rings. The molecule has 8 heavy (non-hydrogen) atoms. The van der Waals surface area contributed by atoms with Gasteiger partial charge in [0.25, 0.3) is 0 Å². The Hall–Kier alpha value is 0.470. The van der Waals surface area contributed by atoms with E-state index in [1.165, 1.54) is 12.8 Å². The monoisotopic (exact) mass is 223 g/mol. The molecule has 0 heterocycles. The van der Waals surface area contributed by atoms with Crippen molar-refractivity contribution in [3.63, 3.8) is 0 Å². The van der Waals surface area contributed by atoms with Gasteiger partial charge in [-0.1, -0.05) is 48.1 Å². The van der Waals surface area contributed by atoms with Crippen LogP contribution in [0, 0.1) is 6.92 Å². The van der Waals surface area contributed by atoms with E-state index in [9.17, 15) is 0 Å². The Morgan fingerprint density at radius 1 is 1.38 bits per heavy atom. The van der Waals surface area contributed by atoms with Gasteiger partial charge in [0.05, 0.1) is 0 Å². The maximum atomic E-state index is 3.75. The molecule has 0 aromatic rings. The van der Waals surface area contributed by atoms with Gasteiger partial charge < -0.3 is 0 Å². The summed E-state index contributed by atoms with van der Waals surface area (Å²) in [5.41, 5.74) is 0. The quantitative estimate of drug-likeness (QED) is 0.297. The Morgan fingerprint density at radius 2 is 2.12 bits per heavy atom. The van der Waals surface area contributed by atoms with Crippen LogP contribution in [0.15, 0.2) is 12.2 Å². The maximum Gasteiger partial charge on any atom is 0.0175 e. The molecule has 0 saturated carbocycles. The van der Waals surface area contributed by atoms with Gasteiger partial charge in [0, 0.05) is 4.43 Å². The van der Waals surface area contributed by atoms with Crippen molar-refractivity contribution in [2.24, 2.45) is 0 Å². The van der Waals surface area contributed by atoms with Crippen LogP contribution in [0.2, 0.25) is 0 Å². The lowest BCUT2D eigenvalue weighted by atomic mass is 10.2. The Balaban J connectivity index is 2.80. The lowest BCUT2D eigenvalue weighted by Crippen LogP contribution is -1.66. The molecule has 0 unspecified atom stereocenters. The fourth-order valence-corrected chi connectivity index (χ4v) is 0.803. The number of hydrogen-bond donors (Lipinski definition) is 0. The molecule has 1 radical (unpaired) electrons. The normalized spacial score (nSPS) is 10.8. The van der Waals surface area contributed by atoms with Crippen LogP contribution in [-0.2, 0) is 0 Å². The van der Waals surface area contributed by atoms with Crippen LogP contribution < -0.4 is 0 Å². The van der Waals surface area contributed by atoms with Gasteiger partial charge in [-0.3, -0.25) is 0 Å². The highest BCUT2D eigenvalue weighted by atomic mass is 127. The second-order valence-corrected chi connectivity index (χ2v) is 2.50. The molecule has 0 N–H and O–H groups in total. The summed E-state index contributed by atoms with van der Waals surface area (Å²) in [5, 5.41) is 0. The zero-order valence-corrected chi connectivity index (χ0v) is 7.23. The molecule has 47 valence electrons. The SMILES string of the molecule is [CH2]CCCC=CCI. The predicted octanol–water partition coefficient (Wildman–Crippen LogP) is 2.98. The van der Waals surface area contributed by atoms with Crippen LogP contribution >= 0.6 is 22.6 Å². The fraction of sp³-hybridized carbons (Fsp3) is 0.571. The predicted molar refractivity (Wildman–Crippen MR) is 47.2 cm³/mol. The van der Waals surface area contributed by atoms with Crippen molar-refractivity contribution in [3.8, 4) is 0 Å². The summed E-state index contributed by atoms with van der Waals surface area (Å²) in [7, 11) is 0. The zero-order valence-electron chi connectivity index (χ0n) is 5.07. The van der Waals surface area contributed by atoms with Crippen molar-refractivity contribution >= 4 is 22.6 Å². The third-order valence-electron chi connectivity index (χ3n) is 0.877. The van der Waals surface area contributed by atoms with Crippen molar-refractivity contribution < 1.29 is 0 Å². The third-order valence-corrected chi connectivity index (χ3v) is 1.39. The number of hydrogen-bond acceptors (Lipinski definition) is 0. The van der Waals surface area contributed by atoms with Gasteiger partial charge in [-0.25, -0.2) is 0 Å². The molecule has 0 rings (SSSR count). The first-order chi connectivity index (χ1) is 3.91. The number of allylic oxidation sites excluding steroid dienone is 2. The Bertz CT molecular complexity index is 57.4. The van der Waals surface area contributed by atoms with Crippen molar-refractivity contribution in [3.05, 3.63) is 19.1 Å². The Labute approximate surface area is 65.5 Å². The summed E-state index contributed by atoms with van der Waals surface area (Å²) in [5.74, 6) is 0. The van der Waals surface area contributed by atoms with Gasteiger partial charge in [0.2, 0.25) is 0 Å². The molecule has 0 nitrogen and oxygen atoms in total. The first-order valence-corrected chi connectivity index (χ1v) is 4.44. The van der Waals surface area contributed by atoms with E-state index in [4.69, 9.17) is 0 Å². The summed E-state index contributed by atoms with van der Waals surface area (Å²) >= 11 is 2.34. The van der Waals surface area contributed by atoms with Crippen LogP contribution in [0.4, 0.5) is 0 Å². The van der Waals surface area contributed by atoms with Crippen LogP contribution in [0.1, 0.15) is 19.3 Å². The number of unbranched alkanes of at least 4 members (excludes halogenated alkanes) is 2. The van der Waals surface area contributed by atoms with E-state index in [-0.39, 0.29) is 0 Å². The minimum atomic E-state index is 1.06. The van der Waals surface area contributed by atoms with E-state index in [0.717, 1.165) is 10.8 Å². The highest BCUT2D eigenvalue weighted by Gasteiger charge is 1.75. The van der Waals surface area contributed by atoms with Gasteiger partial charge in [0.1, 0.15) is 0 Å². The molecular formula is C7H12I. The molecular weight excluding hydrogens is 211 g/mol. The van der Waals surface area contributed by atoms with Gasteiger partial charge in [-0.05, 0) is 12.8 Å². The van der Waals surface area contributed by atoms with Crippen LogP contribution in [0.25, 0.3) is 0 Å². The Kier molecular flexibility index (Phi) is 7.91. The van der Waals surface area contributed by atoms with Gasteiger partial charge in [-0.15, -0.1) is 0 Å². The minimum Gasteiger partial charge on any atom is -0.0878 e. The average Bonchev–Trinajstić information content (AvgIpc) is 1.81. The molecule has 1 heteroatoms. The summed E-state index contributed by atoms with van der Waals surface area (Å²) < 4.78 is 1.13. The van der Waals surface area contributed by atoms with Crippen LogP contribution in [0.3, 0.4) is 0 Å². The number of halogens is 1. The topological polar surface area (TPSA) is 0 Å². The van der Waals surface area contributed by atoms with Crippen molar-refractivity contribution in [1.29, 1.82) is 0 Å². The van der Waals surface area contributed by atoms with Gasteiger partial charge in [-0.2, -0.15) is 0 Å². The molecule has 0 aromatic carbocycles. The lowest BCUT2D eigenvalue weighted by molar-refractivity contribution is 0.865. The van der Waals surface area contributed by atoms with Gasteiger partial charge >= 0.3 is 0 Å². The first-order valence-electron chi connectivity index (χ1n) is 2.92. The molecule has 0 spiro atoms. The van der Waals surface area contributed by atoms with E-state index < -0.39 is 0 Å². The second-order valence-electron chi connectivity index (χ2n) is 1.62. The fourth-order valence-electron chi connectivity index (χ4n) is 0.443. The third kappa shape index (κ3) is 6.47. The van der Waals surface area contributed by atoms with E-state index in [1.54, 1.807) is 0 Å². The number of rotatable bonds is 4. The molecule has 0 aliphatic heterocycles. The zero-order chi connectivity index (χ0) is 6.24. The van der Waals surface area contributed by atoms with E-state index in [0.29, 0.717) is 0 Å². The first kappa shape index (κ1) is 8.47. The lowest BCUT2D eigenvalue weighted by Gasteiger charge is -1.84. The van der Waals surface area contributed by atoms with E-state index in [1.807, 2.05) is 0 Å². The molecule has 0 atom stereocenters. The smallest absolute Gasteiger partial charge is 0.0175 e. The molecule has 0 saturated heterocycles. The van der Waals surface area contributed by atoms with Crippen LogP contribution in [0.5, 0.6) is 0 Å². The van der Waals surface area contributed by atoms with Crippen molar-refractivity contribution in [2.75, 3.05) is 4.43 Å². The summed E-state index contributed by atoms with van der Waals surface area (Å²) in [6.45, 7) is 3.75. The maximum absolute atomic E-state index is 3.75. The summed E-state index contributed by atoms with van der Waals surface area (Å²) in [4.78, 5) is 0. The van der Waals surface area contributed by atoms with Crippen LogP contribution in [-0.4, -0.2) is 4.43 Å².